The summed E-state index contributed by atoms with van der Waals surface area (Å²) in [4.78, 5) is 12.4. The molecule has 0 bridgehead atoms. The number of carboxylic acids is 1. The second kappa shape index (κ2) is 6.20. The third-order valence-electron chi connectivity index (χ3n) is 2.45. The molecule has 0 saturated carbocycles. The Balaban J connectivity index is 2.74. The van der Waals surface area contributed by atoms with E-state index in [4.69, 9.17) is 9.84 Å². The number of halogens is 1. The molecule has 0 aliphatic heterocycles. The number of methoxy groups -OCH3 is 1. The van der Waals surface area contributed by atoms with Crippen LogP contribution < -0.4 is 4.90 Å². The lowest BCUT2D eigenvalue weighted by Gasteiger charge is -2.19. The molecule has 1 rings (SSSR count). The standard InChI is InChI=1S/C12H16FNO3/c1-14(6-3-7-17-2)11-5-4-9(12(15)16)8-10(11)13/h4-5,8H,3,6-7H2,1-2H3,(H,15,16). The number of hydrogen-bond acceptors (Lipinski definition) is 3. The molecule has 4 nitrogen and oxygen atoms in total. The Morgan fingerprint density at radius 1 is 1.53 bits per heavy atom. The number of hydrogen-bond donors (Lipinski definition) is 1. The highest BCUT2D eigenvalue weighted by molar-refractivity contribution is 5.88. The Bertz CT molecular complexity index is 395. The lowest BCUT2D eigenvalue weighted by atomic mass is 10.2. The Hall–Kier alpha value is -1.62. The average molecular weight is 241 g/mol. The number of nitrogens with zero attached hydrogens (tertiary/aromatic N) is 1. The van der Waals surface area contributed by atoms with Crippen LogP contribution in [0.2, 0.25) is 0 Å². The monoisotopic (exact) mass is 241 g/mol. The molecule has 0 fully saturated rings. The third-order valence-corrected chi connectivity index (χ3v) is 2.45. The van der Waals surface area contributed by atoms with Gasteiger partial charge >= 0.3 is 5.97 Å². The lowest BCUT2D eigenvalue weighted by molar-refractivity contribution is 0.0696. The largest absolute Gasteiger partial charge is 0.478 e. The van der Waals surface area contributed by atoms with Crippen molar-refractivity contribution in [2.45, 2.75) is 6.42 Å². The number of carboxylic acid groups (broad SMARTS) is 1. The van der Waals surface area contributed by atoms with E-state index in [0.717, 1.165) is 12.5 Å². The van der Waals surface area contributed by atoms with E-state index in [1.807, 2.05) is 0 Å². The summed E-state index contributed by atoms with van der Waals surface area (Å²) < 4.78 is 18.5. The van der Waals surface area contributed by atoms with E-state index in [-0.39, 0.29) is 5.56 Å². The van der Waals surface area contributed by atoms with E-state index in [0.29, 0.717) is 18.8 Å². The smallest absolute Gasteiger partial charge is 0.335 e. The minimum absolute atomic E-state index is 0.0449. The maximum absolute atomic E-state index is 13.6. The molecular weight excluding hydrogens is 225 g/mol. The molecule has 0 atom stereocenters. The topological polar surface area (TPSA) is 49.8 Å². The molecule has 0 amide bonds. The van der Waals surface area contributed by atoms with Gasteiger partial charge in [0.2, 0.25) is 0 Å². The number of aromatic carboxylic acids is 1. The molecule has 94 valence electrons. The van der Waals surface area contributed by atoms with Gasteiger partial charge in [-0.05, 0) is 24.6 Å². The van der Waals surface area contributed by atoms with Crippen LogP contribution in [0.25, 0.3) is 0 Å². The highest BCUT2D eigenvalue weighted by Crippen LogP contribution is 2.19. The van der Waals surface area contributed by atoms with Crippen LogP contribution in [-0.2, 0) is 4.74 Å². The highest BCUT2D eigenvalue weighted by Gasteiger charge is 2.11. The van der Waals surface area contributed by atoms with Crippen LogP contribution in [0.4, 0.5) is 10.1 Å². The van der Waals surface area contributed by atoms with Crippen molar-refractivity contribution in [2.75, 3.05) is 32.2 Å². The van der Waals surface area contributed by atoms with Crippen molar-refractivity contribution in [3.8, 4) is 0 Å². The summed E-state index contributed by atoms with van der Waals surface area (Å²) in [5, 5.41) is 8.72. The first-order valence-electron chi connectivity index (χ1n) is 5.29. The fourth-order valence-electron chi connectivity index (χ4n) is 1.52. The summed E-state index contributed by atoms with van der Waals surface area (Å²) in [7, 11) is 3.37. The molecule has 17 heavy (non-hydrogen) atoms. The molecule has 0 radical (unpaired) electrons. The van der Waals surface area contributed by atoms with Crippen LogP contribution in [0, 0.1) is 5.82 Å². The van der Waals surface area contributed by atoms with Gasteiger partial charge in [-0.3, -0.25) is 0 Å². The van der Waals surface area contributed by atoms with Crippen molar-refractivity contribution in [1.82, 2.24) is 0 Å². The minimum Gasteiger partial charge on any atom is -0.478 e. The number of benzene rings is 1. The van der Waals surface area contributed by atoms with Gasteiger partial charge < -0.3 is 14.7 Å². The van der Waals surface area contributed by atoms with E-state index in [1.54, 1.807) is 19.1 Å². The molecule has 0 spiro atoms. The van der Waals surface area contributed by atoms with Gasteiger partial charge in [-0.25, -0.2) is 9.18 Å². The van der Waals surface area contributed by atoms with Gasteiger partial charge in [0.05, 0.1) is 11.3 Å². The highest BCUT2D eigenvalue weighted by atomic mass is 19.1. The van der Waals surface area contributed by atoms with Crippen molar-refractivity contribution in [3.63, 3.8) is 0 Å². The van der Waals surface area contributed by atoms with Crippen molar-refractivity contribution >= 4 is 11.7 Å². The summed E-state index contributed by atoms with van der Waals surface area (Å²) in [5.74, 6) is -1.65. The van der Waals surface area contributed by atoms with Crippen LogP contribution in [0.3, 0.4) is 0 Å². The molecule has 0 saturated heterocycles. The Labute approximate surface area is 99.6 Å². The first kappa shape index (κ1) is 13.4. The van der Waals surface area contributed by atoms with Crippen molar-refractivity contribution in [2.24, 2.45) is 0 Å². The summed E-state index contributed by atoms with van der Waals surface area (Å²) in [6, 6.07) is 3.91. The van der Waals surface area contributed by atoms with E-state index >= 15 is 0 Å². The predicted molar refractivity (Wildman–Crippen MR) is 63.1 cm³/mol. The SMILES string of the molecule is COCCCN(C)c1ccc(C(=O)O)cc1F. The molecule has 0 aliphatic rings. The van der Waals surface area contributed by atoms with Crippen LogP contribution in [0.5, 0.6) is 0 Å². The number of ether oxygens (including phenoxy) is 1. The molecule has 0 aliphatic carbocycles. The lowest BCUT2D eigenvalue weighted by Crippen LogP contribution is -2.21. The van der Waals surface area contributed by atoms with Crippen LogP contribution in [-0.4, -0.2) is 38.4 Å². The molecular formula is C12H16FNO3. The molecule has 0 heterocycles. The average Bonchev–Trinajstić information content (AvgIpc) is 2.28. The normalized spacial score (nSPS) is 10.3. The zero-order chi connectivity index (χ0) is 12.8. The van der Waals surface area contributed by atoms with E-state index in [1.165, 1.54) is 12.1 Å². The summed E-state index contributed by atoms with van der Waals surface area (Å²) in [6.07, 6.45) is 0.785. The quantitative estimate of drug-likeness (QED) is 0.774. The second-order valence-electron chi connectivity index (χ2n) is 3.74. The zero-order valence-electron chi connectivity index (χ0n) is 9.94. The first-order chi connectivity index (χ1) is 8.06. The summed E-state index contributed by atoms with van der Waals surface area (Å²) in [6.45, 7) is 1.26. The molecule has 0 aromatic heterocycles. The second-order valence-corrected chi connectivity index (χ2v) is 3.74. The molecule has 1 N–H and O–H groups in total. The summed E-state index contributed by atoms with van der Waals surface area (Å²) in [5.41, 5.74) is 0.350. The minimum atomic E-state index is -1.13. The Morgan fingerprint density at radius 2 is 2.24 bits per heavy atom. The van der Waals surface area contributed by atoms with Crippen molar-refractivity contribution in [3.05, 3.63) is 29.6 Å². The fraction of sp³-hybridized carbons (Fsp3) is 0.417. The van der Waals surface area contributed by atoms with Crippen LogP contribution >= 0.6 is 0 Å². The van der Waals surface area contributed by atoms with Gasteiger partial charge in [0.25, 0.3) is 0 Å². The van der Waals surface area contributed by atoms with Gasteiger partial charge in [-0.1, -0.05) is 0 Å². The van der Waals surface area contributed by atoms with Gasteiger partial charge in [0, 0.05) is 27.3 Å². The van der Waals surface area contributed by atoms with Gasteiger partial charge in [-0.2, -0.15) is 0 Å². The Morgan fingerprint density at radius 3 is 2.76 bits per heavy atom. The van der Waals surface area contributed by atoms with Gasteiger partial charge in [0.15, 0.2) is 0 Å². The molecule has 1 aromatic rings. The molecule has 1 aromatic carbocycles. The Kier molecular flexibility index (Phi) is 4.90. The molecule has 0 unspecified atom stereocenters. The van der Waals surface area contributed by atoms with E-state index in [9.17, 15) is 9.18 Å². The number of rotatable bonds is 6. The van der Waals surface area contributed by atoms with Crippen molar-refractivity contribution < 1.29 is 19.0 Å². The van der Waals surface area contributed by atoms with Crippen molar-refractivity contribution in [1.29, 1.82) is 0 Å². The van der Waals surface area contributed by atoms with E-state index < -0.39 is 11.8 Å². The number of carbonyl (C=O) groups is 1. The number of anilines is 1. The third kappa shape index (κ3) is 3.71. The first-order valence-corrected chi connectivity index (χ1v) is 5.29. The van der Waals surface area contributed by atoms with Gasteiger partial charge in [0.1, 0.15) is 5.82 Å². The van der Waals surface area contributed by atoms with Crippen LogP contribution in [0.15, 0.2) is 18.2 Å². The van der Waals surface area contributed by atoms with Crippen LogP contribution in [0.1, 0.15) is 16.8 Å². The van der Waals surface area contributed by atoms with E-state index in [2.05, 4.69) is 0 Å². The van der Waals surface area contributed by atoms with Gasteiger partial charge in [-0.15, -0.1) is 0 Å². The fourth-order valence-corrected chi connectivity index (χ4v) is 1.52. The zero-order valence-corrected chi connectivity index (χ0v) is 9.94. The maximum Gasteiger partial charge on any atom is 0.335 e. The summed E-state index contributed by atoms with van der Waals surface area (Å²) >= 11 is 0. The maximum atomic E-state index is 13.6. The molecule has 5 heteroatoms. The predicted octanol–water partition coefficient (Wildman–Crippen LogP) is 2.00.